The molecule has 0 spiro atoms. The molecule has 0 bridgehead atoms. The van der Waals surface area contributed by atoms with Crippen molar-refractivity contribution in [2.24, 2.45) is 0 Å². The SMILES string of the molecule is Fc1ccc(Cl)cc1Nc1cc(-c2ccccc2)nc(NC2CCCCC2)n1. The number of aromatic nitrogens is 2. The molecule has 1 heterocycles. The maximum absolute atomic E-state index is 14.2. The van der Waals surface area contributed by atoms with Gasteiger partial charge in [0.25, 0.3) is 0 Å². The molecule has 0 saturated heterocycles. The van der Waals surface area contributed by atoms with Crippen molar-refractivity contribution in [1.82, 2.24) is 9.97 Å². The number of nitrogens with zero attached hydrogens (tertiary/aromatic N) is 2. The third-order valence-corrected chi connectivity index (χ3v) is 5.16. The van der Waals surface area contributed by atoms with Crippen LogP contribution in [0.15, 0.2) is 54.6 Å². The number of hydrogen-bond acceptors (Lipinski definition) is 4. The van der Waals surface area contributed by atoms with Crippen LogP contribution in [0.4, 0.5) is 21.8 Å². The molecule has 0 radical (unpaired) electrons. The van der Waals surface area contributed by atoms with Crippen LogP contribution in [0.5, 0.6) is 0 Å². The van der Waals surface area contributed by atoms with Crippen molar-refractivity contribution in [3.05, 3.63) is 65.4 Å². The van der Waals surface area contributed by atoms with Gasteiger partial charge in [-0.15, -0.1) is 0 Å². The van der Waals surface area contributed by atoms with Crippen molar-refractivity contribution < 1.29 is 4.39 Å². The van der Waals surface area contributed by atoms with Crippen molar-refractivity contribution in [1.29, 1.82) is 0 Å². The van der Waals surface area contributed by atoms with Crippen LogP contribution in [-0.2, 0) is 0 Å². The van der Waals surface area contributed by atoms with Crippen molar-refractivity contribution >= 4 is 29.1 Å². The highest BCUT2D eigenvalue weighted by molar-refractivity contribution is 6.30. The van der Waals surface area contributed by atoms with E-state index in [9.17, 15) is 4.39 Å². The predicted octanol–water partition coefficient (Wildman–Crippen LogP) is 6.42. The maximum atomic E-state index is 14.2. The Morgan fingerprint density at radius 2 is 1.71 bits per heavy atom. The van der Waals surface area contributed by atoms with Crippen LogP contribution in [-0.4, -0.2) is 16.0 Å². The number of halogens is 2. The van der Waals surface area contributed by atoms with Gasteiger partial charge in [0, 0.05) is 22.7 Å². The van der Waals surface area contributed by atoms with Gasteiger partial charge in [0.05, 0.1) is 11.4 Å². The van der Waals surface area contributed by atoms with Crippen molar-refractivity contribution in [2.45, 2.75) is 38.1 Å². The van der Waals surface area contributed by atoms with Gasteiger partial charge in [0.15, 0.2) is 0 Å². The Balaban J connectivity index is 1.67. The summed E-state index contributed by atoms with van der Waals surface area (Å²) in [5.74, 6) is 0.692. The van der Waals surface area contributed by atoms with Crippen LogP contribution < -0.4 is 10.6 Å². The van der Waals surface area contributed by atoms with E-state index in [0.29, 0.717) is 22.8 Å². The molecule has 0 amide bonds. The highest BCUT2D eigenvalue weighted by Gasteiger charge is 2.16. The van der Waals surface area contributed by atoms with Gasteiger partial charge in [-0.05, 0) is 31.0 Å². The van der Waals surface area contributed by atoms with E-state index >= 15 is 0 Å². The van der Waals surface area contributed by atoms with E-state index in [2.05, 4.69) is 15.6 Å². The Hall–Kier alpha value is -2.66. The average molecular weight is 397 g/mol. The summed E-state index contributed by atoms with van der Waals surface area (Å²) < 4.78 is 14.2. The van der Waals surface area contributed by atoms with E-state index in [1.165, 1.54) is 31.4 Å². The highest BCUT2D eigenvalue weighted by Crippen LogP contribution is 2.27. The van der Waals surface area contributed by atoms with Crippen LogP contribution in [0.1, 0.15) is 32.1 Å². The van der Waals surface area contributed by atoms with E-state index in [-0.39, 0.29) is 11.5 Å². The van der Waals surface area contributed by atoms with Crippen LogP contribution in [0.2, 0.25) is 5.02 Å². The fraction of sp³-hybridized carbons (Fsp3) is 0.273. The summed E-state index contributed by atoms with van der Waals surface area (Å²) in [5, 5.41) is 6.97. The number of anilines is 3. The van der Waals surface area contributed by atoms with Crippen molar-refractivity contribution in [2.75, 3.05) is 10.6 Å². The second-order valence-corrected chi connectivity index (χ2v) is 7.49. The molecule has 0 unspecified atom stereocenters. The van der Waals surface area contributed by atoms with E-state index < -0.39 is 0 Å². The van der Waals surface area contributed by atoms with E-state index in [4.69, 9.17) is 16.6 Å². The minimum Gasteiger partial charge on any atom is -0.351 e. The molecule has 4 nitrogen and oxygen atoms in total. The molecule has 3 aromatic rings. The van der Waals surface area contributed by atoms with Gasteiger partial charge in [0.1, 0.15) is 11.6 Å². The first kappa shape index (κ1) is 18.7. The lowest BCUT2D eigenvalue weighted by molar-refractivity contribution is 0.461. The predicted molar refractivity (Wildman–Crippen MR) is 113 cm³/mol. The maximum Gasteiger partial charge on any atom is 0.225 e. The molecule has 1 aliphatic rings. The standard InChI is InChI=1S/C22H22ClFN4/c23-16-11-12-18(24)20(13-16)26-21-14-19(15-7-3-1-4-8-15)27-22(28-21)25-17-9-5-2-6-10-17/h1,3-4,7-8,11-14,17H,2,5-6,9-10H2,(H2,25,26,27,28). The van der Waals surface area contributed by atoms with Crippen LogP contribution in [0.25, 0.3) is 11.3 Å². The van der Waals surface area contributed by atoms with Gasteiger partial charge in [-0.25, -0.2) is 9.37 Å². The van der Waals surface area contributed by atoms with Crippen molar-refractivity contribution in [3.63, 3.8) is 0 Å². The quantitative estimate of drug-likeness (QED) is 0.522. The molecule has 144 valence electrons. The second kappa shape index (κ2) is 8.57. The zero-order valence-corrected chi connectivity index (χ0v) is 16.2. The molecule has 1 fully saturated rings. The lowest BCUT2D eigenvalue weighted by Gasteiger charge is -2.23. The van der Waals surface area contributed by atoms with E-state index in [1.807, 2.05) is 36.4 Å². The third-order valence-electron chi connectivity index (χ3n) is 4.93. The van der Waals surface area contributed by atoms with Gasteiger partial charge >= 0.3 is 0 Å². The summed E-state index contributed by atoms with van der Waals surface area (Å²) >= 11 is 6.02. The number of nitrogens with one attached hydrogen (secondary N) is 2. The zero-order chi connectivity index (χ0) is 19.3. The summed E-state index contributed by atoms with van der Waals surface area (Å²) in [4.78, 5) is 9.27. The lowest BCUT2D eigenvalue weighted by atomic mass is 9.96. The number of rotatable bonds is 5. The molecular formula is C22H22ClFN4. The van der Waals surface area contributed by atoms with E-state index in [0.717, 1.165) is 24.1 Å². The second-order valence-electron chi connectivity index (χ2n) is 7.06. The summed E-state index contributed by atoms with van der Waals surface area (Å²) in [6, 6.07) is 16.5. The molecule has 1 saturated carbocycles. The van der Waals surface area contributed by atoms with Crippen LogP contribution >= 0.6 is 11.6 Å². The lowest BCUT2D eigenvalue weighted by Crippen LogP contribution is -2.23. The molecule has 4 rings (SSSR count). The Morgan fingerprint density at radius 3 is 2.50 bits per heavy atom. The summed E-state index contributed by atoms with van der Waals surface area (Å²) in [7, 11) is 0. The normalized spacial score (nSPS) is 14.6. The minimum atomic E-state index is -0.383. The fourth-order valence-electron chi connectivity index (χ4n) is 3.49. The Kier molecular flexibility index (Phi) is 5.72. The van der Waals surface area contributed by atoms with Gasteiger partial charge in [-0.1, -0.05) is 61.2 Å². The van der Waals surface area contributed by atoms with Gasteiger partial charge in [0.2, 0.25) is 5.95 Å². The van der Waals surface area contributed by atoms with Gasteiger partial charge in [-0.3, -0.25) is 0 Å². The minimum absolute atomic E-state index is 0.286. The zero-order valence-electron chi connectivity index (χ0n) is 15.5. The summed E-state index contributed by atoms with van der Waals surface area (Å²) in [6.07, 6.45) is 5.95. The Morgan fingerprint density at radius 1 is 0.929 bits per heavy atom. The molecule has 28 heavy (non-hydrogen) atoms. The Bertz CT molecular complexity index is 943. The molecule has 1 aliphatic carbocycles. The Labute approximate surface area is 169 Å². The highest BCUT2D eigenvalue weighted by atomic mass is 35.5. The van der Waals surface area contributed by atoms with Gasteiger partial charge in [-0.2, -0.15) is 4.98 Å². The first-order chi connectivity index (χ1) is 13.7. The summed E-state index contributed by atoms with van der Waals surface area (Å²) in [6.45, 7) is 0. The fourth-order valence-corrected chi connectivity index (χ4v) is 3.67. The summed E-state index contributed by atoms with van der Waals surface area (Å²) in [5.41, 5.74) is 2.04. The average Bonchev–Trinajstić information content (AvgIpc) is 2.72. The first-order valence-corrected chi connectivity index (χ1v) is 9.98. The molecule has 0 aliphatic heterocycles. The number of benzene rings is 2. The molecule has 2 N–H and O–H groups in total. The third kappa shape index (κ3) is 4.60. The molecule has 2 aromatic carbocycles. The largest absolute Gasteiger partial charge is 0.351 e. The van der Waals surface area contributed by atoms with Crippen LogP contribution in [0, 0.1) is 5.82 Å². The molecule has 6 heteroatoms. The first-order valence-electron chi connectivity index (χ1n) is 9.60. The monoisotopic (exact) mass is 396 g/mol. The molecular weight excluding hydrogens is 375 g/mol. The topological polar surface area (TPSA) is 49.8 Å². The van der Waals surface area contributed by atoms with Crippen LogP contribution in [0.3, 0.4) is 0 Å². The number of hydrogen-bond donors (Lipinski definition) is 2. The van der Waals surface area contributed by atoms with Gasteiger partial charge < -0.3 is 10.6 Å². The molecule has 0 atom stereocenters. The molecule has 1 aromatic heterocycles. The smallest absolute Gasteiger partial charge is 0.225 e. The van der Waals surface area contributed by atoms with Crippen molar-refractivity contribution in [3.8, 4) is 11.3 Å². The van der Waals surface area contributed by atoms with E-state index in [1.54, 1.807) is 6.07 Å².